The second kappa shape index (κ2) is 13.6. The van der Waals surface area contributed by atoms with E-state index >= 15 is 0 Å². The maximum atomic E-state index is 13.4. The first-order valence-electron chi connectivity index (χ1n) is 14.1. The summed E-state index contributed by atoms with van der Waals surface area (Å²) in [5.74, 6) is 0.802. The van der Waals surface area contributed by atoms with Crippen LogP contribution in [0, 0.1) is 0 Å². The monoisotopic (exact) mass is 668 g/mol. The maximum Gasteiger partial charge on any atom is 0.314 e. The van der Waals surface area contributed by atoms with Gasteiger partial charge in [0.05, 0.1) is 5.69 Å². The van der Waals surface area contributed by atoms with Crippen molar-refractivity contribution in [2.24, 2.45) is 4.99 Å². The molecule has 0 radical (unpaired) electrons. The van der Waals surface area contributed by atoms with Crippen LogP contribution < -0.4 is 21.8 Å². The Kier molecular flexibility index (Phi) is 9.12. The molecule has 12 nitrogen and oxygen atoms in total. The number of anilines is 1. The fourth-order valence-corrected chi connectivity index (χ4v) is 6.37. The number of amidine groups is 1. The molecule has 14 heteroatoms. The molecule has 1 heterocycles. The number of hydrogen-bond acceptors (Lipinski definition) is 10. The molecule has 0 bridgehead atoms. The number of para-hydroxylation sites is 1. The lowest BCUT2D eigenvalue weighted by molar-refractivity contribution is -0.0461. The maximum absolute atomic E-state index is 13.4. The van der Waals surface area contributed by atoms with Gasteiger partial charge >= 0.3 is 10.1 Å². The van der Waals surface area contributed by atoms with Crippen LogP contribution >= 0.6 is 0 Å². The number of nitrogens with one attached hydrogen (secondary N) is 4. The average molecular weight is 669 g/mol. The topological polar surface area (TPSA) is 161 Å². The molecule has 5 aromatic rings. The van der Waals surface area contributed by atoms with Crippen LogP contribution in [0.2, 0.25) is 0 Å². The molecular weight excluding hydrogens is 641 g/mol. The van der Waals surface area contributed by atoms with Crippen molar-refractivity contribution in [1.29, 1.82) is 0 Å². The van der Waals surface area contributed by atoms with E-state index in [-0.39, 0.29) is 20.9 Å². The Morgan fingerprint density at radius 2 is 1.32 bits per heavy atom. The smallest absolute Gasteiger partial charge is 0.314 e. The Balaban J connectivity index is 1.25. The molecule has 47 heavy (non-hydrogen) atoms. The van der Waals surface area contributed by atoms with Crippen LogP contribution in [0.25, 0.3) is 22.9 Å². The van der Waals surface area contributed by atoms with Gasteiger partial charge in [0.1, 0.15) is 21.4 Å². The Morgan fingerprint density at radius 1 is 0.702 bits per heavy atom. The Morgan fingerprint density at radius 3 is 2.06 bits per heavy atom. The van der Waals surface area contributed by atoms with E-state index in [2.05, 4.69) is 21.8 Å². The number of rotatable bonds is 10. The van der Waals surface area contributed by atoms with Gasteiger partial charge in [-0.2, -0.15) is 21.1 Å². The summed E-state index contributed by atoms with van der Waals surface area (Å²) >= 11 is 0. The predicted molar refractivity (Wildman–Crippen MR) is 180 cm³/mol. The molecular formula is C33H28N6O6S2. The van der Waals surface area contributed by atoms with Crippen molar-refractivity contribution in [3.05, 3.63) is 144 Å². The highest BCUT2D eigenvalue weighted by Crippen LogP contribution is 2.26. The minimum absolute atomic E-state index is 0.172. The predicted octanol–water partition coefficient (Wildman–Crippen LogP) is 5.39. The van der Waals surface area contributed by atoms with Gasteiger partial charge in [0.2, 0.25) is 0 Å². The molecule has 0 aliphatic carbocycles. The highest BCUT2D eigenvalue weighted by Gasteiger charge is 2.23. The fourth-order valence-electron chi connectivity index (χ4n) is 4.75. The van der Waals surface area contributed by atoms with Crippen LogP contribution in [0.15, 0.2) is 148 Å². The fraction of sp³-hybridized carbons (Fsp3) is 0. The largest absolute Gasteiger partial charge is 0.341 e. The second-order valence-electron chi connectivity index (χ2n) is 10.1. The summed E-state index contributed by atoms with van der Waals surface area (Å²) in [5, 5.41) is 6.25. The van der Waals surface area contributed by atoms with Crippen molar-refractivity contribution in [3.8, 4) is 0 Å². The van der Waals surface area contributed by atoms with Crippen molar-refractivity contribution >= 4 is 60.4 Å². The molecule has 0 saturated carbocycles. The van der Waals surface area contributed by atoms with Gasteiger partial charge in [-0.3, -0.25) is 15.4 Å². The molecule has 1 aliphatic rings. The molecule has 0 amide bonds. The molecule has 0 unspecified atom stereocenters. The van der Waals surface area contributed by atoms with Crippen molar-refractivity contribution < 1.29 is 25.7 Å². The van der Waals surface area contributed by atoms with Crippen LogP contribution in [0.4, 0.5) is 11.4 Å². The molecule has 6 rings (SSSR count). The summed E-state index contributed by atoms with van der Waals surface area (Å²) in [6.45, 7) is 0. The van der Waals surface area contributed by atoms with Gasteiger partial charge in [0.25, 0.3) is 10.1 Å². The standard InChI is InChI=1S/C33H28N6O6S2/c40-46(41,42)30-19-8-5-12-25(30)21-22-26-13-6-9-20-31(26)47(43,44)45-38-39-36-32(34-27-15-2-1-3-16-27)23-33(37-39)35-29-18-10-14-24-11-4-7-17-28(24)29/h1-23,34,36,38H,(H,35,37)(H,40,41,42). The number of hydrogen-bond donors (Lipinski definition) is 5. The van der Waals surface area contributed by atoms with Gasteiger partial charge in [0, 0.05) is 17.1 Å². The molecule has 5 N–H and O–H groups in total. The average Bonchev–Trinajstić information content (AvgIpc) is 3.07. The zero-order valence-electron chi connectivity index (χ0n) is 24.5. The van der Waals surface area contributed by atoms with Gasteiger partial charge in [-0.25, -0.2) is 4.99 Å². The number of fused-ring (bicyclic) bond motifs is 1. The van der Waals surface area contributed by atoms with E-state index in [1.165, 1.54) is 48.6 Å². The van der Waals surface area contributed by atoms with E-state index in [0.717, 1.165) is 21.7 Å². The van der Waals surface area contributed by atoms with E-state index in [9.17, 15) is 21.4 Å². The number of benzene rings is 5. The van der Waals surface area contributed by atoms with E-state index in [1.807, 2.05) is 72.8 Å². The van der Waals surface area contributed by atoms with Crippen LogP contribution in [-0.4, -0.2) is 32.5 Å². The van der Waals surface area contributed by atoms with Crippen LogP contribution in [0.1, 0.15) is 11.1 Å². The lowest BCUT2D eigenvalue weighted by Crippen LogP contribution is -2.61. The highest BCUT2D eigenvalue weighted by molar-refractivity contribution is 7.86. The molecule has 0 saturated heterocycles. The second-order valence-corrected chi connectivity index (χ2v) is 13.0. The molecule has 0 spiro atoms. The van der Waals surface area contributed by atoms with Crippen LogP contribution in [0.3, 0.4) is 0 Å². The van der Waals surface area contributed by atoms with Crippen LogP contribution in [-0.2, 0) is 24.5 Å². The van der Waals surface area contributed by atoms with E-state index in [0.29, 0.717) is 17.3 Å². The van der Waals surface area contributed by atoms with Crippen molar-refractivity contribution in [3.63, 3.8) is 0 Å². The highest BCUT2D eigenvalue weighted by atomic mass is 32.2. The van der Waals surface area contributed by atoms with E-state index in [1.54, 1.807) is 18.2 Å². The number of nitrogens with zero attached hydrogens (tertiary/aromatic N) is 2. The molecule has 0 atom stereocenters. The summed E-state index contributed by atoms with van der Waals surface area (Å²) in [5.41, 5.74) is 10.1. The van der Waals surface area contributed by atoms with E-state index < -0.39 is 20.2 Å². The lowest BCUT2D eigenvalue weighted by atomic mass is 10.1. The van der Waals surface area contributed by atoms with Gasteiger partial charge in [-0.1, -0.05) is 109 Å². The summed E-state index contributed by atoms with van der Waals surface area (Å²) in [4.78, 5) is 4.26. The third-order valence-corrected chi connectivity index (χ3v) is 9.00. The first-order valence-corrected chi connectivity index (χ1v) is 17.0. The van der Waals surface area contributed by atoms with Crippen molar-refractivity contribution in [1.82, 2.24) is 21.7 Å². The molecule has 0 fully saturated rings. The Bertz CT molecular complexity index is 2240. The minimum atomic E-state index is -4.50. The molecule has 0 aromatic heterocycles. The lowest BCUT2D eigenvalue weighted by Gasteiger charge is -2.30. The molecule has 238 valence electrons. The van der Waals surface area contributed by atoms with Crippen LogP contribution in [0.5, 0.6) is 0 Å². The number of aliphatic imine (C=N–C) groups is 1. The zero-order chi connectivity index (χ0) is 32.9. The summed E-state index contributed by atoms with van der Waals surface area (Å²) in [6, 6.07) is 34.7. The third-order valence-electron chi connectivity index (χ3n) is 6.87. The van der Waals surface area contributed by atoms with Gasteiger partial charge < -0.3 is 5.32 Å². The Hall–Kier alpha value is -5.35. The van der Waals surface area contributed by atoms with Gasteiger partial charge in [0.15, 0.2) is 0 Å². The normalized spacial score (nSPS) is 14.9. The quantitative estimate of drug-likeness (QED) is 0.0737. The van der Waals surface area contributed by atoms with Gasteiger partial charge in [-0.15, -0.1) is 0 Å². The zero-order valence-corrected chi connectivity index (χ0v) is 26.1. The van der Waals surface area contributed by atoms with Gasteiger partial charge in [-0.05, 0) is 52.1 Å². The first kappa shape index (κ1) is 31.6. The third kappa shape index (κ3) is 7.73. The summed E-state index contributed by atoms with van der Waals surface area (Å²) < 4.78 is 65.3. The molecule has 1 aliphatic heterocycles. The molecule has 5 aromatic carbocycles. The number of hydrazine groups is 3. The summed E-state index contributed by atoms with van der Waals surface area (Å²) in [6.07, 6.45) is 4.52. The van der Waals surface area contributed by atoms with E-state index in [4.69, 9.17) is 9.28 Å². The Labute approximate surface area is 271 Å². The first-order chi connectivity index (χ1) is 22.7. The summed E-state index contributed by atoms with van der Waals surface area (Å²) in [7, 11) is -8.95. The van der Waals surface area contributed by atoms with Crippen molar-refractivity contribution in [2.75, 3.05) is 5.32 Å². The van der Waals surface area contributed by atoms with Crippen molar-refractivity contribution in [2.45, 2.75) is 9.79 Å². The minimum Gasteiger partial charge on any atom is -0.341 e. The SMILES string of the molecule is O=S(=O)(O)c1ccccc1C=Cc1ccccc1S(=O)(=O)ONN1NC(Nc2ccccc2)=CC(=Nc2cccc3ccccc23)N1.